The lowest BCUT2D eigenvalue weighted by atomic mass is 10.1. The first-order valence-electron chi connectivity index (χ1n) is 8.46. The molecular formula is C18H26N4O3. The van der Waals surface area contributed by atoms with E-state index in [4.69, 9.17) is 20.5 Å². The molecule has 0 aliphatic carbocycles. The van der Waals surface area contributed by atoms with Crippen LogP contribution in [0.25, 0.3) is 0 Å². The molecule has 2 N–H and O–H groups in total. The van der Waals surface area contributed by atoms with Crippen molar-refractivity contribution < 1.29 is 14.3 Å². The van der Waals surface area contributed by atoms with E-state index in [1.165, 1.54) is 7.11 Å². The first-order valence-corrected chi connectivity index (χ1v) is 8.46. The van der Waals surface area contributed by atoms with Crippen LogP contribution in [0.4, 0.5) is 5.69 Å². The monoisotopic (exact) mass is 346 g/mol. The Morgan fingerprint density at radius 1 is 1.28 bits per heavy atom. The number of ether oxygens (including phenoxy) is 2. The third-order valence-corrected chi connectivity index (χ3v) is 4.35. The van der Waals surface area contributed by atoms with Gasteiger partial charge in [0.2, 0.25) is 0 Å². The van der Waals surface area contributed by atoms with Crippen LogP contribution >= 0.6 is 0 Å². The van der Waals surface area contributed by atoms with Gasteiger partial charge in [-0.3, -0.25) is 4.79 Å². The van der Waals surface area contributed by atoms with Gasteiger partial charge in [-0.15, -0.1) is 0 Å². The Labute approximate surface area is 148 Å². The molecule has 1 fully saturated rings. The fraction of sp³-hybridized carbons (Fsp3) is 0.556. The third kappa shape index (κ3) is 5.34. The Morgan fingerprint density at radius 2 is 2.00 bits per heavy atom. The Hall–Kier alpha value is -2.30. The number of methoxy groups -OCH3 is 1. The van der Waals surface area contributed by atoms with E-state index < -0.39 is 0 Å². The number of nitrogens with two attached hydrogens (primary N) is 1. The molecule has 0 amide bonds. The molecule has 0 radical (unpaired) electrons. The van der Waals surface area contributed by atoms with Crippen LogP contribution in [0.15, 0.2) is 12.1 Å². The highest BCUT2D eigenvalue weighted by Crippen LogP contribution is 2.32. The Bertz CT molecular complexity index is 634. The molecule has 2 rings (SSSR count). The number of hydrogen-bond donors (Lipinski definition) is 1. The summed E-state index contributed by atoms with van der Waals surface area (Å²) in [4.78, 5) is 16.7. The Morgan fingerprint density at radius 3 is 2.64 bits per heavy atom. The summed E-state index contributed by atoms with van der Waals surface area (Å²) in [7, 11) is 3.66. The van der Waals surface area contributed by atoms with Crippen molar-refractivity contribution in [2.75, 3.05) is 59.2 Å². The number of piperazine rings is 1. The van der Waals surface area contributed by atoms with E-state index in [0.29, 0.717) is 29.4 Å². The molecule has 0 saturated carbocycles. The zero-order chi connectivity index (χ0) is 18.2. The predicted molar refractivity (Wildman–Crippen MR) is 96.0 cm³/mol. The smallest absolute Gasteiger partial charge is 0.179 e. The maximum absolute atomic E-state index is 11.9. The average Bonchev–Trinajstić information content (AvgIpc) is 2.60. The molecule has 1 aliphatic heterocycles. The van der Waals surface area contributed by atoms with E-state index in [2.05, 4.69) is 16.8 Å². The largest absolute Gasteiger partial charge is 0.493 e. The number of ketones is 1. The average molecular weight is 346 g/mol. The van der Waals surface area contributed by atoms with E-state index in [9.17, 15) is 4.79 Å². The van der Waals surface area contributed by atoms with Crippen LogP contribution < -0.4 is 15.2 Å². The molecule has 7 heteroatoms. The van der Waals surface area contributed by atoms with E-state index in [0.717, 1.165) is 39.1 Å². The van der Waals surface area contributed by atoms with Crippen molar-refractivity contribution in [1.82, 2.24) is 9.80 Å². The van der Waals surface area contributed by atoms with Gasteiger partial charge in [-0.05, 0) is 19.5 Å². The highest BCUT2D eigenvalue weighted by atomic mass is 16.5. The van der Waals surface area contributed by atoms with Crippen LogP contribution in [0.5, 0.6) is 11.5 Å². The van der Waals surface area contributed by atoms with Gasteiger partial charge in [-0.1, -0.05) is 0 Å². The van der Waals surface area contributed by atoms with Crippen LogP contribution in [0.1, 0.15) is 23.2 Å². The van der Waals surface area contributed by atoms with E-state index in [1.54, 1.807) is 12.1 Å². The molecule has 136 valence electrons. The second-order valence-electron chi connectivity index (χ2n) is 6.20. The summed E-state index contributed by atoms with van der Waals surface area (Å²) in [6.45, 7) is 5.91. The van der Waals surface area contributed by atoms with Gasteiger partial charge < -0.3 is 25.0 Å². The summed E-state index contributed by atoms with van der Waals surface area (Å²) < 4.78 is 11.1. The van der Waals surface area contributed by atoms with Gasteiger partial charge in [0.05, 0.1) is 26.2 Å². The van der Waals surface area contributed by atoms with Gasteiger partial charge in [-0.25, -0.2) is 0 Å². The number of Topliss-reactive ketones (excluding diaryl/α,β-unsaturated/α-hetero) is 1. The number of benzene rings is 1. The Balaban J connectivity index is 1.90. The quantitative estimate of drug-likeness (QED) is 0.432. The minimum atomic E-state index is -0.320. The standard InChI is InChI=1S/C18H26N4O3/c1-21-7-9-22(10-8-21)6-3-11-25-18-13-15(20)14(12-17(18)24-2)16(23)4-5-19/h12-13H,3-4,6-11,20H2,1-2H3. The second-order valence-corrected chi connectivity index (χ2v) is 6.20. The predicted octanol–water partition coefficient (Wildman–Crippen LogP) is 1.39. The van der Waals surface area contributed by atoms with Crippen LogP contribution in [-0.4, -0.2) is 69.1 Å². The number of nitriles is 1. The molecule has 1 aromatic carbocycles. The summed E-state index contributed by atoms with van der Waals surface area (Å²) in [5.41, 5.74) is 6.53. The second kappa shape index (κ2) is 9.25. The van der Waals surface area contributed by atoms with Gasteiger partial charge in [0.15, 0.2) is 17.3 Å². The van der Waals surface area contributed by atoms with Gasteiger partial charge in [0.25, 0.3) is 0 Å². The van der Waals surface area contributed by atoms with Crippen molar-refractivity contribution >= 4 is 11.5 Å². The molecule has 0 atom stereocenters. The molecule has 1 aromatic rings. The SMILES string of the molecule is COc1cc(C(=O)CC#N)c(N)cc1OCCCN1CCN(C)CC1. The number of likely N-dealkylation sites (N-methyl/N-ethyl adjacent to an activating group) is 1. The summed E-state index contributed by atoms with van der Waals surface area (Å²) >= 11 is 0. The topological polar surface area (TPSA) is 91.8 Å². The molecule has 1 saturated heterocycles. The fourth-order valence-electron chi connectivity index (χ4n) is 2.80. The summed E-state index contributed by atoms with van der Waals surface area (Å²) in [6, 6.07) is 4.98. The minimum absolute atomic E-state index is 0.210. The lowest BCUT2D eigenvalue weighted by molar-refractivity contribution is 0.0998. The molecule has 0 bridgehead atoms. The number of anilines is 1. The zero-order valence-corrected chi connectivity index (χ0v) is 15.0. The molecule has 0 spiro atoms. The first-order chi connectivity index (χ1) is 12.0. The molecule has 0 unspecified atom stereocenters. The lowest BCUT2D eigenvalue weighted by Gasteiger charge is -2.32. The van der Waals surface area contributed by atoms with Gasteiger partial charge in [0, 0.05) is 50.0 Å². The Kier molecular flexibility index (Phi) is 7.04. The van der Waals surface area contributed by atoms with E-state index in [-0.39, 0.29) is 12.2 Å². The summed E-state index contributed by atoms with van der Waals surface area (Å²) in [5, 5.41) is 8.66. The van der Waals surface area contributed by atoms with E-state index in [1.807, 2.05) is 6.07 Å². The molecular weight excluding hydrogens is 320 g/mol. The van der Waals surface area contributed by atoms with Crippen LogP contribution in [0.2, 0.25) is 0 Å². The molecule has 1 heterocycles. The van der Waals surface area contributed by atoms with Crippen molar-refractivity contribution in [3.63, 3.8) is 0 Å². The molecule has 1 aliphatic rings. The highest BCUT2D eigenvalue weighted by molar-refractivity contribution is 6.02. The van der Waals surface area contributed by atoms with Crippen molar-refractivity contribution in [3.05, 3.63) is 17.7 Å². The van der Waals surface area contributed by atoms with Crippen LogP contribution in [0.3, 0.4) is 0 Å². The fourth-order valence-corrected chi connectivity index (χ4v) is 2.80. The number of carbonyl (C=O) groups excluding carboxylic acids is 1. The summed E-state index contributed by atoms with van der Waals surface area (Å²) in [5.74, 6) is 0.655. The molecule has 7 nitrogen and oxygen atoms in total. The number of nitrogens with zero attached hydrogens (tertiary/aromatic N) is 3. The van der Waals surface area contributed by atoms with Gasteiger partial charge in [-0.2, -0.15) is 5.26 Å². The highest BCUT2D eigenvalue weighted by Gasteiger charge is 2.16. The van der Waals surface area contributed by atoms with Gasteiger partial charge >= 0.3 is 0 Å². The minimum Gasteiger partial charge on any atom is -0.493 e. The van der Waals surface area contributed by atoms with Crippen LogP contribution in [0, 0.1) is 11.3 Å². The van der Waals surface area contributed by atoms with E-state index >= 15 is 0 Å². The number of nitrogen functional groups attached to an aromatic ring is 1. The maximum Gasteiger partial charge on any atom is 0.179 e. The van der Waals surface area contributed by atoms with Crippen molar-refractivity contribution in [2.45, 2.75) is 12.8 Å². The molecule has 0 aromatic heterocycles. The normalized spacial score (nSPS) is 15.6. The van der Waals surface area contributed by atoms with Crippen molar-refractivity contribution in [3.8, 4) is 17.6 Å². The number of carbonyl (C=O) groups is 1. The third-order valence-electron chi connectivity index (χ3n) is 4.35. The van der Waals surface area contributed by atoms with Gasteiger partial charge in [0.1, 0.15) is 0 Å². The first kappa shape index (κ1) is 19.0. The van der Waals surface area contributed by atoms with Crippen molar-refractivity contribution in [1.29, 1.82) is 5.26 Å². The number of rotatable bonds is 8. The maximum atomic E-state index is 11.9. The zero-order valence-electron chi connectivity index (χ0n) is 15.0. The molecule has 25 heavy (non-hydrogen) atoms. The van der Waals surface area contributed by atoms with Crippen molar-refractivity contribution in [2.24, 2.45) is 0 Å². The summed E-state index contributed by atoms with van der Waals surface area (Å²) in [6.07, 6.45) is 0.695. The number of hydrogen-bond acceptors (Lipinski definition) is 7. The van der Waals surface area contributed by atoms with Crippen LogP contribution in [-0.2, 0) is 0 Å². The lowest BCUT2D eigenvalue weighted by Crippen LogP contribution is -2.44.